The van der Waals surface area contributed by atoms with Crippen LogP contribution in [0.2, 0.25) is 5.02 Å². The molecule has 0 heterocycles. The number of ether oxygens (including phenoxy) is 1. The highest BCUT2D eigenvalue weighted by molar-refractivity contribution is 14.1. The molecule has 0 radical (unpaired) electrons. The molecule has 7 heteroatoms. The number of nitrogens with zero attached hydrogens (tertiary/aromatic N) is 1. The van der Waals surface area contributed by atoms with Crippen molar-refractivity contribution in [1.82, 2.24) is 0 Å². The van der Waals surface area contributed by atoms with Crippen LogP contribution in [-0.4, -0.2) is 11.9 Å². The molecule has 0 aliphatic carbocycles. The molecule has 0 spiro atoms. The van der Waals surface area contributed by atoms with Crippen molar-refractivity contribution in [3.63, 3.8) is 0 Å². The number of esters is 1. The Balaban J connectivity index is 1.70. The van der Waals surface area contributed by atoms with Gasteiger partial charge < -0.3 is 10.1 Å². The Labute approximate surface area is 192 Å². The van der Waals surface area contributed by atoms with Crippen LogP contribution in [0.4, 0.5) is 5.69 Å². The molecule has 0 aliphatic heterocycles. The predicted molar refractivity (Wildman–Crippen MR) is 124 cm³/mol. The van der Waals surface area contributed by atoms with E-state index in [2.05, 4.69) is 27.9 Å². The van der Waals surface area contributed by atoms with Crippen LogP contribution in [0.5, 0.6) is 5.75 Å². The highest BCUT2D eigenvalue weighted by Crippen LogP contribution is 2.20. The maximum absolute atomic E-state index is 12.4. The first-order chi connectivity index (χ1) is 14.5. The molecule has 0 aliphatic rings. The number of anilines is 1. The Morgan fingerprint density at radius 1 is 1.03 bits per heavy atom. The van der Waals surface area contributed by atoms with Crippen LogP contribution in [0.25, 0.3) is 6.08 Å². The van der Waals surface area contributed by atoms with Crippen LogP contribution in [0.15, 0.2) is 78.4 Å². The molecule has 5 nitrogen and oxygen atoms in total. The number of carbonyl (C=O) groups is 2. The van der Waals surface area contributed by atoms with E-state index in [1.165, 1.54) is 12.1 Å². The molecule has 3 aromatic carbocycles. The molecule has 148 valence electrons. The minimum Gasteiger partial charge on any atom is -0.423 e. The standard InChI is InChI=1S/C23H14ClIN2O3/c24-18-5-3-4-16(13-18)23(29)30-19-10-8-15(9-11-19)12-17(14-26)22(28)27-21-7-2-1-6-20(21)25/h1-13H,(H,27,28)/b17-12-. The van der Waals surface area contributed by atoms with E-state index in [1.54, 1.807) is 54.6 Å². The van der Waals surface area contributed by atoms with Crippen LogP contribution in [0, 0.1) is 14.9 Å². The van der Waals surface area contributed by atoms with Gasteiger partial charge in [-0.25, -0.2) is 4.79 Å². The number of nitriles is 1. The first-order valence-corrected chi connectivity index (χ1v) is 10.2. The van der Waals surface area contributed by atoms with Crippen LogP contribution < -0.4 is 10.1 Å². The molecule has 1 N–H and O–H groups in total. The smallest absolute Gasteiger partial charge is 0.343 e. The van der Waals surface area contributed by atoms with Crippen molar-refractivity contribution in [2.75, 3.05) is 5.32 Å². The fourth-order valence-electron chi connectivity index (χ4n) is 2.48. The minimum absolute atomic E-state index is 0.0432. The first-order valence-electron chi connectivity index (χ1n) is 8.72. The lowest BCUT2D eigenvalue weighted by Gasteiger charge is -2.07. The number of para-hydroxylation sites is 1. The lowest BCUT2D eigenvalue weighted by atomic mass is 10.1. The quantitative estimate of drug-likeness (QED) is 0.151. The zero-order valence-electron chi connectivity index (χ0n) is 15.4. The van der Waals surface area contributed by atoms with Crippen molar-refractivity contribution in [1.29, 1.82) is 5.26 Å². The molecule has 0 unspecified atom stereocenters. The Morgan fingerprint density at radius 2 is 1.77 bits per heavy atom. The van der Waals surface area contributed by atoms with Gasteiger partial charge in [0.1, 0.15) is 17.4 Å². The van der Waals surface area contributed by atoms with Gasteiger partial charge in [0.05, 0.1) is 11.3 Å². The minimum atomic E-state index is -0.532. The first kappa shape index (κ1) is 21.6. The predicted octanol–water partition coefficient (Wildman–Crippen LogP) is 5.71. The van der Waals surface area contributed by atoms with Crippen LogP contribution in [-0.2, 0) is 4.79 Å². The lowest BCUT2D eigenvalue weighted by Crippen LogP contribution is -2.14. The molecular formula is C23H14ClIN2O3. The highest BCUT2D eigenvalue weighted by atomic mass is 127. The summed E-state index contributed by atoms with van der Waals surface area (Å²) >= 11 is 7.99. The van der Waals surface area contributed by atoms with Gasteiger partial charge in [-0.1, -0.05) is 41.9 Å². The van der Waals surface area contributed by atoms with Crippen molar-refractivity contribution in [3.8, 4) is 11.8 Å². The van der Waals surface area contributed by atoms with Crippen LogP contribution in [0.3, 0.4) is 0 Å². The molecule has 1 amide bonds. The van der Waals surface area contributed by atoms with E-state index in [0.29, 0.717) is 27.6 Å². The van der Waals surface area contributed by atoms with E-state index < -0.39 is 11.9 Å². The molecule has 0 bridgehead atoms. The molecular weight excluding hydrogens is 515 g/mol. The van der Waals surface area contributed by atoms with Crippen molar-refractivity contribution >= 4 is 57.8 Å². The van der Waals surface area contributed by atoms with Gasteiger partial charge in [-0.15, -0.1) is 0 Å². The van der Waals surface area contributed by atoms with Gasteiger partial charge in [0, 0.05) is 8.59 Å². The van der Waals surface area contributed by atoms with Gasteiger partial charge in [0.2, 0.25) is 0 Å². The normalized spacial score (nSPS) is 10.8. The summed E-state index contributed by atoms with van der Waals surface area (Å²) in [5.74, 6) is -0.702. The van der Waals surface area contributed by atoms with E-state index in [4.69, 9.17) is 16.3 Å². The van der Waals surface area contributed by atoms with E-state index in [1.807, 2.05) is 18.2 Å². The topological polar surface area (TPSA) is 79.2 Å². The monoisotopic (exact) mass is 528 g/mol. The summed E-state index contributed by atoms with van der Waals surface area (Å²) in [6.45, 7) is 0. The average molecular weight is 529 g/mol. The summed E-state index contributed by atoms with van der Waals surface area (Å²) in [6.07, 6.45) is 1.47. The second kappa shape index (κ2) is 10.1. The summed E-state index contributed by atoms with van der Waals surface area (Å²) in [6, 6.07) is 22.1. The summed E-state index contributed by atoms with van der Waals surface area (Å²) in [7, 11) is 0. The number of hydrogen-bond donors (Lipinski definition) is 1. The lowest BCUT2D eigenvalue weighted by molar-refractivity contribution is -0.112. The molecule has 0 atom stereocenters. The second-order valence-electron chi connectivity index (χ2n) is 6.07. The molecule has 0 aromatic heterocycles. The number of rotatable bonds is 5. The summed E-state index contributed by atoms with van der Waals surface area (Å²) in [5.41, 5.74) is 1.54. The number of benzene rings is 3. The third kappa shape index (κ3) is 5.69. The van der Waals surface area contributed by atoms with Crippen LogP contribution in [0.1, 0.15) is 15.9 Å². The summed E-state index contributed by atoms with van der Waals surface area (Å²) in [4.78, 5) is 24.6. The third-order valence-electron chi connectivity index (χ3n) is 3.95. The summed E-state index contributed by atoms with van der Waals surface area (Å²) in [5, 5.41) is 12.5. The van der Waals surface area contributed by atoms with Crippen molar-refractivity contribution < 1.29 is 14.3 Å². The van der Waals surface area contributed by atoms with Gasteiger partial charge in [-0.2, -0.15) is 5.26 Å². The number of carbonyl (C=O) groups excluding carboxylic acids is 2. The second-order valence-corrected chi connectivity index (χ2v) is 7.67. The Hall–Kier alpha value is -3.15. The van der Waals surface area contributed by atoms with Crippen molar-refractivity contribution in [2.45, 2.75) is 0 Å². The fraction of sp³-hybridized carbons (Fsp3) is 0. The number of amides is 1. The Morgan fingerprint density at radius 3 is 2.43 bits per heavy atom. The SMILES string of the molecule is N#C/C(=C/c1ccc(OC(=O)c2cccc(Cl)c2)cc1)C(=O)Nc1ccccc1I. The third-order valence-corrected chi connectivity index (χ3v) is 5.12. The number of hydrogen-bond acceptors (Lipinski definition) is 4. The van der Waals surface area contributed by atoms with Gasteiger partial charge in [-0.3, -0.25) is 4.79 Å². The number of nitrogens with one attached hydrogen (secondary N) is 1. The zero-order chi connectivity index (χ0) is 21.5. The molecule has 30 heavy (non-hydrogen) atoms. The largest absolute Gasteiger partial charge is 0.423 e. The molecule has 0 fully saturated rings. The van der Waals surface area contributed by atoms with Crippen molar-refractivity contribution in [2.24, 2.45) is 0 Å². The fourth-order valence-corrected chi connectivity index (χ4v) is 3.19. The average Bonchev–Trinajstić information content (AvgIpc) is 2.74. The van der Waals surface area contributed by atoms with Crippen LogP contribution >= 0.6 is 34.2 Å². The molecule has 0 saturated heterocycles. The van der Waals surface area contributed by atoms with Gasteiger partial charge in [0.15, 0.2) is 0 Å². The number of halogens is 2. The van der Waals surface area contributed by atoms with E-state index in [9.17, 15) is 14.9 Å². The van der Waals surface area contributed by atoms with E-state index in [0.717, 1.165) is 3.57 Å². The Bertz CT molecular complexity index is 1170. The molecule has 0 saturated carbocycles. The maximum atomic E-state index is 12.4. The Kier molecular flexibility index (Phi) is 7.22. The van der Waals surface area contributed by atoms with Gasteiger partial charge in [0.25, 0.3) is 5.91 Å². The molecule has 3 rings (SSSR count). The van der Waals surface area contributed by atoms with Gasteiger partial charge >= 0.3 is 5.97 Å². The van der Waals surface area contributed by atoms with Gasteiger partial charge in [-0.05, 0) is 76.7 Å². The zero-order valence-corrected chi connectivity index (χ0v) is 18.3. The van der Waals surface area contributed by atoms with Crippen molar-refractivity contribution in [3.05, 3.63) is 98.1 Å². The van der Waals surface area contributed by atoms with E-state index >= 15 is 0 Å². The maximum Gasteiger partial charge on any atom is 0.343 e. The molecule has 3 aromatic rings. The summed E-state index contributed by atoms with van der Waals surface area (Å²) < 4.78 is 6.19. The highest BCUT2D eigenvalue weighted by Gasteiger charge is 2.12. The van der Waals surface area contributed by atoms with E-state index in [-0.39, 0.29) is 5.57 Å².